The highest BCUT2D eigenvalue weighted by molar-refractivity contribution is 6.30. The number of hydrogen-bond acceptors (Lipinski definition) is 2. The molecule has 1 unspecified atom stereocenters. The first kappa shape index (κ1) is 13.0. The fourth-order valence-corrected chi connectivity index (χ4v) is 1.80. The van der Waals surface area contributed by atoms with Gasteiger partial charge in [-0.05, 0) is 31.8 Å². The summed E-state index contributed by atoms with van der Waals surface area (Å²) in [6.07, 6.45) is 0.139. The third kappa shape index (κ3) is 4.21. The average molecular weight is 242 g/mol. The van der Waals surface area contributed by atoms with E-state index in [1.54, 1.807) is 12.1 Å². The van der Waals surface area contributed by atoms with E-state index in [0.717, 1.165) is 5.56 Å². The van der Waals surface area contributed by atoms with Crippen molar-refractivity contribution in [1.82, 2.24) is 4.90 Å². The van der Waals surface area contributed by atoms with E-state index in [1.807, 2.05) is 31.1 Å². The summed E-state index contributed by atoms with van der Waals surface area (Å²) in [5.41, 5.74) is 1.01. The molecule has 0 aliphatic heterocycles. The maximum Gasteiger partial charge on any atom is 0.304 e. The Morgan fingerprint density at radius 3 is 2.38 bits per heavy atom. The minimum Gasteiger partial charge on any atom is -0.481 e. The van der Waals surface area contributed by atoms with Crippen LogP contribution in [-0.2, 0) is 4.79 Å². The Bertz CT molecular complexity index is 349. The van der Waals surface area contributed by atoms with Gasteiger partial charge in [0, 0.05) is 17.5 Å². The lowest BCUT2D eigenvalue weighted by atomic mass is 9.95. The molecule has 0 aliphatic carbocycles. The number of halogens is 1. The van der Waals surface area contributed by atoms with Gasteiger partial charge in [-0.3, -0.25) is 4.79 Å². The van der Waals surface area contributed by atoms with Crippen LogP contribution in [0.1, 0.15) is 17.9 Å². The quantitative estimate of drug-likeness (QED) is 0.861. The molecule has 1 rings (SSSR count). The van der Waals surface area contributed by atoms with Crippen LogP contribution in [-0.4, -0.2) is 36.6 Å². The molecule has 0 amide bonds. The lowest BCUT2D eigenvalue weighted by Gasteiger charge is -2.19. The molecule has 1 atom stereocenters. The summed E-state index contributed by atoms with van der Waals surface area (Å²) in [7, 11) is 3.87. The summed E-state index contributed by atoms with van der Waals surface area (Å²) in [5, 5.41) is 9.54. The van der Waals surface area contributed by atoms with Gasteiger partial charge >= 0.3 is 5.97 Å². The van der Waals surface area contributed by atoms with E-state index in [1.165, 1.54) is 0 Å². The van der Waals surface area contributed by atoms with Crippen molar-refractivity contribution in [3.05, 3.63) is 34.9 Å². The van der Waals surface area contributed by atoms with Crippen molar-refractivity contribution in [3.63, 3.8) is 0 Å². The predicted octanol–water partition coefficient (Wildman–Crippen LogP) is 2.46. The van der Waals surface area contributed by atoms with Gasteiger partial charge in [-0.2, -0.15) is 0 Å². The van der Waals surface area contributed by atoms with Crippen LogP contribution in [0.4, 0.5) is 0 Å². The first-order chi connectivity index (χ1) is 7.49. The van der Waals surface area contributed by atoms with E-state index >= 15 is 0 Å². The Kier molecular flexibility index (Phi) is 4.77. The van der Waals surface area contributed by atoms with Crippen molar-refractivity contribution in [2.75, 3.05) is 20.6 Å². The molecule has 88 valence electrons. The van der Waals surface area contributed by atoms with Gasteiger partial charge in [0.05, 0.1) is 6.42 Å². The summed E-state index contributed by atoms with van der Waals surface area (Å²) >= 11 is 5.80. The molecule has 0 bridgehead atoms. The number of aliphatic carboxylic acids is 1. The molecule has 0 spiro atoms. The minimum atomic E-state index is -0.776. The van der Waals surface area contributed by atoms with Crippen molar-refractivity contribution >= 4 is 17.6 Å². The Morgan fingerprint density at radius 2 is 1.94 bits per heavy atom. The molecule has 16 heavy (non-hydrogen) atoms. The van der Waals surface area contributed by atoms with Gasteiger partial charge in [-0.1, -0.05) is 23.7 Å². The van der Waals surface area contributed by atoms with Crippen LogP contribution in [0.15, 0.2) is 24.3 Å². The molecule has 0 saturated heterocycles. The van der Waals surface area contributed by atoms with Gasteiger partial charge in [0.2, 0.25) is 0 Å². The summed E-state index contributed by atoms with van der Waals surface area (Å²) in [4.78, 5) is 12.8. The van der Waals surface area contributed by atoms with Gasteiger partial charge in [0.15, 0.2) is 0 Å². The number of carboxylic acid groups (broad SMARTS) is 1. The zero-order valence-corrected chi connectivity index (χ0v) is 10.2. The summed E-state index contributed by atoms with van der Waals surface area (Å²) in [6, 6.07) is 7.36. The van der Waals surface area contributed by atoms with Crippen molar-refractivity contribution in [3.8, 4) is 0 Å². The van der Waals surface area contributed by atoms with E-state index in [-0.39, 0.29) is 12.3 Å². The van der Waals surface area contributed by atoms with Gasteiger partial charge < -0.3 is 10.0 Å². The molecular formula is C12H16ClNO2. The zero-order chi connectivity index (χ0) is 12.1. The van der Waals surface area contributed by atoms with Gasteiger partial charge in [0.25, 0.3) is 0 Å². The van der Waals surface area contributed by atoms with E-state index in [9.17, 15) is 4.79 Å². The van der Waals surface area contributed by atoms with Crippen LogP contribution in [0.25, 0.3) is 0 Å². The fourth-order valence-electron chi connectivity index (χ4n) is 1.67. The molecule has 4 heteroatoms. The Balaban J connectivity index is 2.82. The molecule has 0 radical (unpaired) electrons. The van der Waals surface area contributed by atoms with E-state index in [4.69, 9.17) is 16.7 Å². The third-order valence-electron chi connectivity index (χ3n) is 2.35. The first-order valence-corrected chi connectivity index (χ1v) is 5.49. The standard InChI is InChI=1S/C12H16ClNO2/c1-14(2)8-10(7-12(15)16)9-3-5-11(13)6-4-9/h3-6,10H,7-8H2,1-2H3,(H,15,16). The number of likely N-dealkylation sites (N-methyl/N-ethyl adjacent to an activating group) is 1. The zero-order valence-electron chi connectivity index (χ0n) is 9.48. The topological polar surface area (TPSA) is 40.5 Å². The highest BCUT2D eigenvalue weighted by Gasteiger charge is 2.16. The molecule has 1 aromatic carbocycles. The molecule has 0 aliphatic rings. The molecule has 0 saturated carbocycles. The molecule has 0 aromatic heterocycles. The number of carbonyl (C=O) groups is 1. The summed E-state index contributed by atoms with van der Waals surface area (Å²) < 4.78 is 0. The highest BCUT2D eigenvalue weighted by atomic mass is 35.5. The Morgan fingerprint density at radius 1 is 1.38 bits per heavy atom. The normalized spacial score (nSPS) is 12.8. The lowest BCUT2D eigenvalue weighted by molar-refractivity contribution is -0.137. The average Bonchev–Trinajstić information content (AvgIpc) is 2.16. The predicted molar refractivity (Wildman–Crippen MR) is 65.0 cm³/mol. The van der Waals surface area contributed by atoms with E-state index in [2.05, 4.69) is 0 Å². The van der Waals surface area contributed by atoms with Gasteiger partial charge in [-0.25, -0.2) is 0 Å². The monoisotopic (exact) mass is 241 g/mol. The largest absolute Gasteiger partial charge is 0.481 e. The molecule has 1 N–H and O–H groups in total. The summed E-state index contributed by atoms with van der Waals surface area (Å²) in [5.74, 6) is -0.772. The van der Waals surface area contributed by atoms with Gasteiger partial charge in [0.1, 0.15) is 0 Å². The molecule has 0 fully saturated rings. The highest BCUT2D eigenvalue weighted by Crippen LogP contribution is 2.22. The number of nitrogens with zero attached hydrogens (tertiary/aromatic N) is 1. The summed E-state index contributed by atoms with van der Waals surface area (Å²) in [6.45, 7) is 0.716. The fraction of sp³-hybridized carbons (Fsp3) is 0.417. The van der Waals surface area contributed by atoms with E-state index in [0.29, 0.717) is 11.6 Å². The minimum absolute atomic E-state index is 0.00441. The SMILES string of the molecule is CN(C)CC(CC(=O)O)c1ccc(Cl)cc1. The van der Waals surface area contributed by atoms with Crippen molar-refractivity contribution in [2.24, 2.45) is 0 Å². The molecule has 0 heterocycles. The first-order valence-electron chi connectivity index (χ1n) is 5.11. The maximum absolute atomic E-state index is 10.8. The van der Waals surface area contributed by atoms with Crippen molar-refractivity contribution < 1.29 is 9.90 Å². The lowest BCUT2D eigenvalue weighted by Crippen LogP contribution is -2.22. The van der Waals surface area contributed by atoms with Crippen LogP contribution >= 0.6 is 11.6 Å². The van der Waals surface area contributed by atoms with Crippen LogP contribution in [0, 0.1) is 0 Å². The van der Waals surface area contributed by atoms with Crippen LogP contribution < -0.4 is 0 Å². The molecular weight excluding hydrogens is 226 g/mol. The van der Waals surface area contributed by atoms with Gasteiger partial charge in [-0.15, -0.1) is 0 Å². The number of hydrogen-bond donors (Lipinski definition) is 1. The smallest absolute Gasteiger partial charge is 0.304 e. The third-order valence-corrected chi connectivity index (χ3v) is 2.60. The number of carboxylic acids is 1. The number of rotatable bonds is 5. The van der Waals surface area contributed by atoms with Crippen LogP contribution in [0.5, 0.6) is 0 Å². The second kappa shape index (κ2) is 5.87. The van der Waals surface area contributed by atoms with Crippen molar-refractivity contribution in [2.45, 2.75) is 12.3 Å². The second-order valence-corrected chi connectivity index (χ2v) is 4.55. The second-order valence-electron chi connectivity index (χ2n) is 4.11. The van der Waals surface area contributed by atoms with Crippen LogP contribution in [0.3, 0.4) is 0 Å². The van der Waals surface area contributed by atoms with Crippen molar-refractivity contribution in [1.29, 1.82) is 0 Å². The Labute approximate surface area is 101 Å². The maximum atomic E-state index is 10.8. The molecule has 3 nitrogen and oxygen atoms in total. The molecule has 1 aromatic rings. The van der Waals surface area contributed by atoms with Crippen LogP contribution in [0.2, 0.25) is 5.02 Å². The van der Waals surface area contributed by atoms with E-state index < -0.39 is 5.97 Å². The Hall–Kier alpha value is -1.06. The number of benzene rings is 1.